The molecule has 0 aromatic carbocycles. The molecular formula is C20H26N6O13. The Morgan fingerprint density at radius 2 is 1.28 bits per heavy atom. The molecule has 2 aliphatic rings. The van der Waals surface area contributed by atoms with Gasteiger partial charge in [-0.15, -0.1) is 0 Å². The lowest BCUT2D eigenvalue weighted by atomic mass is 10.1. The summed E-state index contributed by atoms with van der Waals surface area (Å²) >= 11 is 0. The highest BCUT2D eigenvalue weighted by atomic mass is 16.6. The molecule has 2 aromatic rings. The predicted octanol–water partition coefficient (Wildman–Crippen LogP) is -5.62. The van der Waals surface area contributed by atoms with E-state index in [9.17, 15) is 39.6 Å². The van der Waals surface area contributed by atoms with Crippen molar-refractivity contribution in [3.63, 3.8) is 0 Å². The molecule has 2 fully saturated rings. The summed E-state index contributed by atoms with van der Waals surface area (Å²) in [4.78, 5) is 51.8. The standard InChI is InChI=1S/C10H13N3O7.C10H13N3O6/c11-7-3(9(17)18)1-13(10(19)12-7)8-6(16)5(15)4(2-14)20-8;11-8-4(2-14)1-13(10(18)12-8)9-7(17)6(16)5(3-15)19-9/h1,4-6,8,14-16H,2H2,(H,17,18)(H2,11,12,19);1-2,5-7,9,15-17H,3H2,(H2,11,12,18)/t4-,5-,6-,8-;5-,6-,7-,9-/m11/s1. The first kappa shape index (κ1) is 29.7. The summed E-state index contributed by atoms with van der Waals surface area (Å²) in [5.74, 6) is -2.11. The fraction of sp³-hybridized carbons (Fsp3) is 0.500. The van der Waals surface area contributed by atoms with Gasteiger partial charge in [0.25, 0.3) is 0 Å². The van der Waals surface area contributed by atoms with Crippen LogP contribution in [0.5, 0.6) is 0 Å². The molecule has 0 amide bonds. The summed E-state index contributed by atoms with van der Waals surface area (Å²) in [7, 11) is 0. The molecule has 0 radical (unpaired) electrons. The van der Waals surface area contributed by atoms with Crippen LogP contribution in [0.1, 0.15) is 33.2 Å². The molecule has 214 valence electrons. The summed E-state index contributed by atoms with van der Waals surface area (Å²) in [5, 5.41) is 65.6. The Kier molecular flexibility index (Phi) is 9.09. The molecule has 0 saturated carbocycles. The van der Waals surface area contributed by atoms with Gasteiger partial charge in [0.2, 0.25) is 0 Å². The Morgan fingerprint density at radius 3 is 1.67 bits per heavy atom. The van der Waals surface area contributed by atoms with Gasteiger partial charge >= 0.3 is 17.3 Å². The summed E-state index contributed by atoms with van der Waals surface area (Å²) in [6, 6.07) is 0. The van der Waals surface area contributed by atoms with Crippen molar-refractivity contribution < 1.29 is 54.8 Å². The average Bonchev–Trinajstić information content (AvgIpc) is 3.34. The van der Waals surface area contributed by atoms with Crippen LogP contribution < -0.4 is 22.8 Å². The van der Waals surface area contributed by atoms with Gasteiger partial charge in [0.1, 0.15) is 53.8 Å². The smallest absolute Gasteiger partial charge is 0.351 e. The molecule has 2 aliphatic heterocycles. The number of hydrogen-bond donors (Lipinski definition) is 9. The second-order valence-electron chi connectivity index (χ2n) is 8.38. The van der Waals surface area contributed by atoms with Crippen LogP contribution >= 0.6 is 0 Å². The van der Waals surface area contributed by atoms with Crippen LogP contribution in [0.15, 0.2) is 22.0 Å². The number of hydrogen-bond acceptors (Lipinski definition) is 16. The first-order valence-electron chi connectivity index (χ1n) is 11.1. The molecule has 0 spiro atoms. The maximum absolute atomic E-state index is 11.7. The van der Waals surface area contributed by atoms with Crippen LogP contribution in [-0.2, 0) is 9.47 Å². The highest BCUT2D eigenvalue weighted by Gasteiger charge is 2.45. The third-order valence-electron chi connectivity index (χ3n) is 5.93. The van der Waals surface area contributed by atoms with E-state index in [2.05, 4.69) is 9.97 Å². The number of carboxylic acid groups (broad SMARTS) is 1. The number of carbonyl (C=O) groups is 2. The van der Waals surface area contributed by atoms with E-state index in [4.69, 9.17) is 36.3 Å². The number of nitrogen functional groups attached to an aromatic ring is 2. The van der Waals surface area contributed by atoms with Crippen molar-refractivity contribution in [1.82, 2.24) is 19.1 Å². The topological polar surface area (TPSA) is 316 Å². The number of nitrogens with zero attached hydrogens (tertiary/aromatic N) is 4. The third-order valence-corrected chi connectivity index (χ3v) is 5.93. The zero-order valence-electron chi connectivity index (χ0n) is 19.8. The Hall–Kier alpha value is -3.82. The number of aliphatic hydroxyl groups excluding tert-OH is 6. The van der Waals surface area contributed by atoms with Crippen molar-refractivity contribution in [2.45, 2.75) is 49.1 Å². The van der Waals surface area contributed by atoms with Crippen LogP contribution in [0.3, 0.4) is 0 Å². The Labute approximate surface area is 216 Å². The van der Waals surface area contributed by atoms with Gasteiger partial charge in [-0.05, 0) is 0 Å². The molecule has 0 unspecified atom stereocenters. The minimum absolute atomic E-state index is 0.0441. The third kappa shape index (κ3) is 5.79. The van der Waals surface area contributed by atoms with E-state index < -0.39 is 91.0 Å². The van der Waals surface area contributed by atoms with E-state index >= 15 is 0 Å². The first-order valence-corrected chi connectivity index (χ1v) is 11.1. The summed E-state index contributed by atoms with van der Waals surface area (Å²) < 4.78 is 11.8. The number of carboxylic acids is 1. The van der Waals surface area contributed by atoms with Crippen molar-refractivity contribution in [3.8, 4) is 0 Å². The van der Waals surface area contributed by atoms with Crippen molar-refractivity contribution in [2.75, 3.05) is 24.7 Å². The van der Waals surface area contributed by atoms with Crippen molar-refractivity contribution in [3.05, 3.63) is 44.5 Å². The summed E-state index contributed by atoms with van der Waals surface area (Å²) in [6.07, 6.45) is -8.08. The van der Waals surface area contributed by atoms with Crippen molar-refractivity contribution in [1.29, 1.82) is 0 Å². The van der Waals surface area contributed by atoms with Gasteiger partial charge in [0.15, 0.2) is 18.7 Å². The first-order chi connectivity index (χ1) is 18.4. The largest absolute Gasteiger partial charge is 0.478 e. The Bertz CT molecular complexity index is 1330. The molecular weight excluding hydrogens is 532 g/mol. The monoisotopic (exact) mass is 558 g/mol. The molecule has 2 saturated heterocycles. The minimum Gasteiger partial charge on any atom is -0.478 e. The number of aliphatic hydroxyl groups is 6. The summed E-state index contributed by atoms with van der Waals surface area (Å²) in [6.45, 7) is -1.09. The van der Waals surface area contributed by atoms with Crippen LogP contribution in [-0.4, -0.2) is 117 Å². The molecule has 19 nitrogen and oxygen atoms in total. The van der Waals surface area contributed by atoms with Gasteiger partial charge in [-0.25, -0.2) is 14.4 Å². The van der Waals surface area contributed by atoms with Crippen LogP contribution in [0.2, 0.25) is 0 Å². The van der Waals surface area contributed by atoms with Gasteiger partial charge in [0.05, 0.1) is 18.8 Å². The van der Waals surface area contributed by atoms with E-state index in [-0.39, 0.29) is 11.4 Å². The van der Waals surface area contributed by atoms with Crippen LogP contribution in [0.4, 0.5) is 11.6 Å². The van der Waals surface area contributed by atoms with Gasteiger partial charge in [-0.3, -0.25) is 13.9 Å². The lowest BCUT2D eigenvalue weighted by Gasteiger charge is -2.17. The minimum atomic E-state index is -1.52. The van der Waals surface area contributed by atoms with Gasteiger partial charge in [0, 0.05) is 12.4 Å². The zero-order chi connectivity index (χ0) is 29.2. The lowest BCUT2D eigenvalue weighted by Crippen LogP contribution is -2.36. The Morgan fingerprint density at radius 1 is 0.846 bits per heavy atom. The van der Waals surface area contributed by atoms with Crippen LogP contribution in [0, 0.1) is 0 Å². The molecule has 4 rings (SSSR count). The number of anilines is 2. The van der Waals surface area contributed by atoms with Gasteiger partial charge in [-0.1, -0.05) is 0 Å². The fourth-order valence-electron chi connectivity index (χ4n) is 3.82. The summed E-state index contributed by atoms with van der Waals surface area (Å²) in [5.41, 5.74) is 8.41. The molecule has 0 bridgehead atoms. The van der Waals surface area contributed by atoms with E-state index in [0.717, 1.165) is 17.0 Å². The Balaban J connectivity index is 0.000000216. The lowest BCUT2D eigenvalue weighted by molar-refractivity contribution is -0.0550. The number of aromatic nitrogens is 4. The SMILES string of the molecule is Nc1nc(=O)n([C@@H]2O[C@H](CO)[C@@H](O)[C@H]2O)cc1C(=O)O.Nc1nc(=O)n([C@@H]2O[C@H](CO)[C@@H](O)[C@H]2O)cc1C=O. The number of ether oxygens (including phenoxy) is 2. The fourth-order valence-corrected chi connectivity index (χ4v) is 3.82. The van der Waals surface area contributed by atoms with E-state index in [1.807, 2.05) is 0 Å². The second kappa shape index (κ2) is 11.9. The van der Waals surface area contributed by atoms with Gasteiger partial charge in [-0.2, -0.15) is 9.97 Å². The zero-order valence-corrected chi connectivity index (χ0v) is 19.8. The normalized spacial score (nSPS) is 30.0. The maximum atomic E-state index is 11.7. The predicted molar refractivity (Wildman–Crippen MR) is 124 cm³/mol. The molecule has 8 atom stereocenters. The highest BCUT2D eigenvalue weighted by molar-refractivity contribution is 5.92. The number of nitrogens with two attached hydrogens (primary N) is 2. The molecule has 11 N–H and O–H groups in total. The molecule has 39 heavy (non-hydrogen) atoms. The van der Waals surface area contributed by atoms with E-state index in [1.54, 1.807) is 0 Å². The molecule has 19 heteroatoms. The average molecular weight is 558 g/mol. The van der Waals surface area contributed by atoms with Gasteiger partial charge < -0.3 is 56.7 Å². The quantitative estimate of drug-likeness (QED) is 0.149. The van der Waals surface area contributed by atoms with Crippen molar-refractivity contribution in [2.24, 2.45) is 0 Å². The van der Waals surface area contributed by atoms with Crippen molar-refractivity contribution >= 4 is 23.9 Å². The van der Waals surface area contributed by atoms with E-state index in [0.29, 0.717) is 10.9 Å². The number of carbonyl (C=O) groups excluding carboxylic acids is 1. The maximum Gasteiger partial charge on any atom is 0.351 e. The number of aromatic carboxylic acids is 1. The highest BCUT2D eigenvalue weighted by Crippen LogP contribution is 2.29. The van der Waals surface area contributed by atoms with E-state index in [1.165, 1.54) is 0 Å². The second-order valence-corrected chi connectivity index (χ2v) is 8.38. The number of aldehydes is 1. The van der Waals surface area contributed by atoms with Crippen LogP contribution in [0.25, 0.3) is 0 Å². The molecule has 2 aromatic heterocycles. The molecule has 0 aliphatic carbocycles. The number of rotatable bonds is 6. The molecule has 4 heterocycles.